The van der Waals surface area contributed by atoms with E-state index in [1.54, 1.807) is 6.20 Å². The number of aromatic amines is 1. The standard InChI is InChI=1S/C14H17N3OS/c1-10-7-13(19-9-10)14(18)17-6-2-3-11(8-17)12-4-5-15-16-12/h4-5,7,9,11H,2-3,6,8H2,1H3,(H,15,16). The lowest BCUT2D eigenvalue weighted by Gasteiger charge is -2.31. The van der Waals surface area contributed by atoms with Crippen LogP contribution in [0.15, 0.2) is 23.7 Å². The van der Waals surface area contributed by atoms with Crippen molar-refractivity contribution in [2.24, 2.45) is 0 Å². The molecule has 0 bridgehead atoms. The molecule has 1 N–H and O–H groups in total. The van der Waals surface area contributed by atoms with Gasteiger partial charge in [0.15, 0.2) is 0 Å². The summed E-state index contributed by atoms with van der Waals surface area (Å²) in [5.74, 6) is 0.559. The Bertz CT molecular complexity index is 561. The van der Waals surface area contributed by atoms with Gasteiger partial charge in [0.05, 0.1) is 4.88 Å². The topological polar surface area (TPSA) is 49.0 Å². The normalized spacial score (nSPS) is 19.6. The first-order valence-corrected chi connectivity index (χ1v) is 7.45. The van der Waals surface area contributed by atoms with Crippen molar-refractivity contribution < 1.29 is 4.79 Å². The second-order valence-electron chi connectivity index (χ2n) is 5.09. The SMILES string of the molecule is Cc1csc(C(=O)N2CCCC(c3ccn[nH]3)C2)c1. The van der Waals surface area contributed by atoms with Crippen LogP contribution in [0.4, 0.5) is 0 Å². The molecular formula is C14H17N3OS. The molecule has 0 radical (unpaired) electrons. The van der Waals surface area contributed by atoms with E-state index in [0.29, 0.717) is 5.92 Å². The minimum atomic E-state index is 0.169. The van der Waals surface area contributed by atoms with Crippen molar-refractivity contribution in [1.82, 2.24) is 15.1 Å². The molecule has 100 valence electrons. The van der Waals surface area contributed by atoms with Crippen molar-refractivity contribution in [3.05, 3.63) is 39.8 Å². The number of hydrogen-bond donors (Lipinski definition) is 1. The van der Waals surface area contributed by atoms with Crippen LogP contribution in [0.25, 0.3) is 0 Å². The number of amides is 1. The Morgan fingerprint density at radius 3 is 3.16 bits per heavy atom. The van der Waals surface area contributed by atoms with E-state index in [1.165, 1.54) is 11.3 Å². The van der Waals surface area contributed by atoms with E-state index < -0.39 is 0 Å². The summed E-state index contributed by atoms with van der Waals surface area (Å²) in [5, 5.41) is 9.06. The minimum Gasteiger partial charge on any atom is -0.337 e. The van der Waals surface area contributed by atoms with Crippen molar-refractivity contribution in [3.8, 4) is 0 Å². The molecule has 1 saturated heterocycles. The molecule has 0 aromatic carbocycles. The molecule has 1 aliphatic heterocycles. The van der Waals surface area contributed by atoms with Crippen LogP contribution in [-0.4, -0.2) is 34.1 Å². The molecule has 1 fully saturated rings. The number of nitrogens with zero attached hydrogens (tertiary/aromatic N) is 2. The van der Waals surface area contributed by atoms with Gasteiger partial charge in [-0.1, -0.05) is 0 Å². The number of thiophene rings is 1. The van der Waals surface area contributed by atoms with Crippen molar-refractivity contribution in [2.75, 3.05) is 13.1 Å². The molecule has 2 aromatic heterocycles. The summed E-state index contributed by atoms with van der Waals surface area (Å²) < 4.78 is 0. The smallest absolute Gasteiger partial charge is 0.263 e. The van der Waals surface area contributed by atoms with Crippen LogP contribution in [0.5, 0.6) is 0 Å². The van der Waals surface area contributed by atoms with Gasteiger partial charge in [-0.3, -0.25) is 9.89 Å². The summed E-state index contributed by atoms with van der Waals surface area (Å²) in [5.41, 5.74) is 2.30. The Hall–Kier alpha value is -1.62. The van der Waals surface area contributed by atoms with Gasteiger partial charge in [0.1, 0.15) is 0 Å². The number of carbonyl (C=O) groups is 1. The lowest BCUT2D eigenvalue weighted by Crippen LogP contribution is -2.38. The number of hydrogen-bond acceptors (Lipinski definition) is 3. The average Bonchev–Trinajstić information content (AvgIpc) is 3.09. The van der Waals surface area contributed by atoms with E-state index in [1.807, 2.05) is 29.3 Å². The summed E-state index contributed by atoms with van der Waals surface area (Å²) in [6.45, 7) is 3.68. The van der Waals surface area contributed by atoms with Crippen LogP contribution in [0, 0.1) is 6.92 Å². The van der Waals surface area contributed by atoms with Crippen LogP contribution in [-0.2, 0) is 0 Å². The number of aryl methyl sites for hydroxylation is 1. The molecule has 19 heavy (non-hydrogen) atoms. The maximum absolute atomic E-state index is 12.4. The van der Waals surface area contributed by atoms with Crippen LogP contribution in [0.3, 0.4) is 0 Å². The molecule has 1 unspecified atom stereocenters. The summed E-state index contributed by atoms with van der Waals surface area (Å²) in [4.78, 5) is 15.3. The van der Waals surface area contributed by atoms with Gasteiger partial charge in [-0.05, 0) is 42.8 Å². The number of piperidine rings is 1. The number of carbonyl (C=O) groups excluding carboxylic acids is 1. The van der Waals surface area contributed by atoms with Crippen molar-refractivity contribution in [3.63, 3.8) is 0 Å². The first kappa shape index (κ1) is 12.4. The Morgan fingerprint density at radius 2 is 2.47 bits per heavy atom. The minimum absolute atomic E-state index is 0.169. The molecule has 1 amide bonds. The Labute approximate surface area is 116 Å². The third-order valence-electron chi connectivity index (χ3n) is 3.61. The van der Waals surface area contributed by atoms with Gasteiger partial charge in [0.25, 0.3) is 5.91 Å². The molecular weight excluding hydrogens is 258 g/mol. The van der Waals surface area contributed by atoms with E-state index in [2.05, 4.69) is 10.2 Å². The van der Waals surface area contributed by atoms with Gasteiger partial charge in [-0.2, -0.15) is 5.10 Å². The van der Waals surface area contributed by atoms with Gasteiger partial charge >= 0.3 is 0 Å². The summed E-state index contributed by atoms with van der Waals surface area (Å²) in [7, 11) is 0. The molecule has 4 nitrogen and oxygen atoms in total. The van der Waals surface area contributed by atoms with Gasteiger partial charge in [-0.25, -0.2) is 0 Å². The van der Waals surface area contributed by atoms with E-state index in [0.717, 1.165) is 42.1 Å². The van der Waals surface area contributed by atoms with Gasteiger partial charge in [0.2, 0.25) is 0 Å². The molecule has 2 aromatic rings. The highest BCUT2D eigenvalue weighted by molar-refractivity contribution is 7.12. The molecule has 3 heterocycles. The monoisotopic (exact) mass is 275 g/mol. The predicted octanol–water partition coefficient (Wildman–Crippen LogP) is 2.80. The highest BCUT2D eigenvalue weighted by Gasteiger charge is 2.26. The van der Waals surface area contributed by atoms with E-state index in [-0.39, 0.29) is 5.91 Å². The summed E-state index contributed by atoms with van der Waals surface area (Å²) >= 11 is 1.54. The third kappa shape index (κ3) is 2.56. The molecule has 3 rings (SSSR count). The van der Waals surface area contributed by atoms with Crippen LogP contribution in [0.2, 0.25) is 0 Å². The fourth-order valence-electron chi connectivity index (χ4n) is 2.61. The molecule has 0 spiro atoms. The fourth-order valence-corrected chi connectivity index (χ4v) is 3.47. The molecule has 1 aliphatic rings. The number of H-pyrrole nitrogens is 1. The lowest BCUT2D eigenvalue weighted by atomic mass is 9.95. The zero-order valence-electron chi connectivity index (χ0n) is 10.9. The number of rotatable bonds is 2. The van der Waals surface area contributed by atoms with Crippen molar-refractivity contribution in [2.45, 2.75) is 25.7 Å². The second-order valence-corrected chi connectivity index (χ2v) is 6.00. The summed E-state index contributed by atoms with van der Waals surface area (Å²) in [6.07, 6.45) is 3.95. The quantitative estimate of drug-likeness (QED) is 0.916. The molecule has 0 aliphatic carbocycles. The number of nitrogens with one attached hydrogen (secondary N) is 1. The number of aromatic nitrogens is 2. The van der Waals surface area contributed by atoms with E-state index >= 15 is 0 Å². The van der Waals surface area contributed by atoms with Crippen molar-refractivity contribution >= 4 is 17.2 Å². The maximum atomic E-state index is 12.4. The zero-order chi connectivity index (χ0) is 13.2. The Kier molecular flexibility index (Phi) is 3.38. The number of likely N-dealkylation sites (tertiary alicyclic amines) is 1. The summed E-state index contributed by atoms with van der Waals surface area (Å²) in [6, 6.07) is 3.99. The molecule has 0 saturated carbocycles. The lowest BCUT2D eigenvalue weighted by molar-refractivity contribution is 0.0710. The van der Waals surface area contributed by atoms with E-state index in [9.17, 15) is 4.79 Å². The van der Waals surface area contributed by atoms with Crippen LogP contribution >= 0.6 is 11.3 Å². The highest BCUT2D eigenvalue weighted by atomic mass is 32.1. The first-order chi connectivity index (χ1) is 9.24. The predicted molar refractivity (Wildman–Crippen MR) is 75.5 cm³/mol. The zero-order valence-corrected chi connectivity index (χ0v) is 11.7. The molecule has 5 heteroatoms. The van der Waals surface area contributed by atoms with Crippen LogP contribution in [0.1, 0.15) is 39.7 Å². The highest BCUT2D eigenvalue weighted by Crippen LogP contribution is 2.27. The maximum Gasteiger partial charge on any atom is 0.263 e. The van der Waals surface area contributed by atoms with Gasteiger partial charge in [-0.15, -0.1) is 11.3 Å². The average molecular weight is 275 g/mol. The molecule has 1 atom stereocenters. The van der Waals surface area contributed by atoms with Gasteiger partial charge in [0, 0.05) is 30.9 Å². The third-order valence-corrected chi connectivity index (χ3v) is 4.65. The Balaban J connectivity index is 1.73. The largest absolute Gasteiger partial charge is 0.337 e. The second kappa shape index (κ2) is 5.17. The fraction of sp³-hybridized carbons (Fsp3) is 0.429. The van der Waals surface area contributed by atoms with Crippen molar-refractivity contribution in [1.29, 1.82) is 0 Å². The Morgan fingerprint density at radius 1 is 1.58 bits per heavy atom. The first-order valence-electron chi connectivity index (χ1n) is 6.58. The van der Waals surface area contributed by atoms with E-state index in [4.69, 9.17) is 0 Å². The van der Waals surface area contributed by atoms with Crippen LogP contribution < -0.4 is 0 Å². The van der Waals surface area contributed by atoms with Gasteiger partial charge < -0.3 is 4.90 Å².